The van der Waals surface area contributed by atoms with E-state index in [1.807, 2.05) is 38.1 Å². The Labute approximate surface area is 158 Å². The number of anilines is 2. The summed E-state index contributed by atoms with van der Waals surface area (Å²) in [5.41, 5.74) is 0.404. The van der Waals surface area contributed by atoms with E-state index >= 15 is 0 Å². The monoisotopic (exact) mass is 366 g/mol. The van der Waals surface area contributed by atoms with Gasteiger partial charge in [-0.05, 0) is 75.2 Å². The molecule has 0 aromatic heterocycles. The van der Waals surface area contributed by atoms with Crippen LogP contribution in [0.3, 0.4) is 0 Å². The second kappa shape index (κ2) is 6.61. The predicted molar refractivity (Wildman–Crippen MR) is 102 cm³/mol. The summed E-state index contributed by atoms with van der Waals surface area (Å²) in [6.07, 6.45) is 1.21. The van der Waals surface area contributed by atoms with Gasteiger partial charge in [-0.1, -0.05) is 0 Å². The number of ether oxygens (including phenoxy) is 2. The van der Waals surface area contributed by atoms with E-state index in [-0.39, 0.29) is 11.8 Å². The molecule has 1 spiro atoms. The third-order valence-corrected chi connectivity index (χ3v) is 4.94. The molecule has 1 saturated carbocycles. The first-order chi connectivity index (χ1) is 13.1. The molecule has 0 N–H and O–H groups in total. The summed E-state index contributed by atoms with van der Waals surface area (Å²) in [4.78, 5) is 26.1. The molecule has 0 bridgehead atoms. The molecule has 0 radical (unpaired) electrons. The fraction of sp³-hybridized carbons (Fsp3) is 0.333. The Hall–Kier alpha value is -3.02. The lowest BCUT2D eigenvalue weighted by Gasteiger charge is -2.28. The van der Waals surface area contributed by atoms with Crippen LogP contribution in [0.15, 0.2) is 48.5 Å². The second-order valence-electron chi connectivity index (χ2n) is 6.67. The van der Waals surface area contributed by atoms with Crippen LogP contribution < -0.4 is 19.5 Å². The third-order valence-electron chi connectivity index (χ3n) is 4.94. The highest BCUT2D eigenvalue weighted by Gasteiger charge is 2.66. The number of carbonyl (C=O) groups excluding carboxylic acids is 2. The molecule has 0 unspecified atom stereocenters. The molecule has 6 heteroatoms. The van der Waals surface area contributed by atoms with Gasteiger partial charge in [-0.25, -0.2) is 10.0 Å². The van der Waals surface area contributed by atoms with Gasteiger partial charge in [0.2, 0.25) is 0 Å². The minimum Gasteiger partial charge on any atom is -0.494 e. The summed E-state index contributed by atoms with van der Waals surface area (Å²) in [6.45, 7) is 4.98. The van der Waals surface area contributed by atoms with E-state index < -0.39 is 5.41 Å². The summed E-state index contributed by atoms with van der Waals surface area (Å²) in [6, 6.07) is 14.5. The molecular weight excluding hydrogens is 344 g/mol. The molecule has 4 rings (SSSR count). The van der Waals surface area contributed by atoms with E-state index in [4.69, 9.17) is 9.47 Å². The maximum Gasteiger partial charge on any atom is 0.261 e. The van der Waals surface area contributed by atoms with Gasteiger partial charge in [0.1, 0.15) is 16.9 Å². The fourth-order valence-electron chi connectivity index (χ4n) is 3.40. The highest BCUT2D eigenvalue weighted by Crippen LogP contribution is 2.54. The molecule has 2 aromatic carbocycles. The highest BCUT2D eigenvalue weighted by molar-refractivity contribution is 6.27. The zero-order chi connectivity index (χ0) is 19.0. The van der Waals surface area contributed by atoms with Gasteiger partial charge in [-0.3, -0.25) is 9.59 Å². The van der Waals surface area contributed by atoms with Gasteiger partial charge in [-0.15, -0.1) is 0 Å². The number of rotatable bonds is 6. The van der Waals surface area contributed by atoms with E-state index in [2.05, 4.69) is 0 Å². The lowest BCUT2D eigenvalue weighted by molar-refractivity contribution is -0.128. The van der Waals surface area contributed by atoms with Gasteiger partial charge in [0.25, 0.3) is 11.8 Å². The normalized spacial score (nSPS) is 17.6. The molecule has 1 aliphatic carbocycles. The first-order valence-electron chi connectivity index (χ1n) is 9.25. The molecule has 2 aliphatic rings. The van der Waals surface area contributed by atoms with Crippen LogP contribution in [0.4, 0.5) is 11.4 Å². The first kappa shape index (κ1) is 17.4. The average Bonchev–Trinajstić information content (AvgIpc) is 3.46. The van der Waals surface area contributed by atoms with E-state index in [0.29, 0.717) is 37.4 Å². The van der Waals surface area contributed by atoms with Crippen molar-refractivity contribution in [1.82, 2.24) is 0 Å². The number of hydrazine groups is 1. The first-order valence-corrected chi connectivity index (χ1v) is 9.25. The maximum absolute atomic E-state index is 13.1. The van der Waals surface area contributed by atoms with Crippen LogP contribution in [0.5, 0.6) is 11.5 Å². The molecule has 1 saturated heterocycles. The van der Waals surface area contributed by atoms with Crippen LogP contribution in [0.2, 0.25) is 0 Å². The van der Waals surface area contributed by atoms with E-state index in [1.165, 1.54) is 10.0 Å². The molecule has 6 nitrogen and oxygen atoms in total. The van der Waals surface area contributed by atoms with Crippen LogP contribution in [0.1, 0.15) is 26.7 Å². The quantitative estimate of drug-likeness (QED) is 0.734. The summed E-state index contributed by atoms with van der Waals surface area (Å²) < 4.78 is 10.9. The average molecular weight is 366 g/mol. The van der Waals surface area contributed by atoms with E-state index in [1.54, 1.807) is 24.3 Å². The summed E-state index contributed by atoms with van der Waals surface area (Å²) in [5, 5.41) is 2.97. The van der Waals surface area contributed by atoms with Gasteiger partial charge >= 0.3 is 0 Å². The molecule has 2 aromatic rings. The number of hydrogen-bond acceptors (Lipinski definition) is 4. The van der Waals surface area contributed by atoms with Crippen molar-refractivity contribution in [2.45, 2.75) is 26.7 Å². The number of nitrogens with zero attached hydrogens (tertiary/aromatic N) is 2. The molecular formula is C21H22N2O4. The highest BCUT2D eigenvalue weighted by atomic mass is 16.5. The Morgan fingerprint density at radius 1 is 0.741 bits per heavy atom. The van der Waals surface area contributed by atoms with Crippen molar-refractivity contribution in [3.8, 4) is 11.5 Å². The molecule has 27 heavy (non-hydrogen) atoms. The number of carbonyl (C=O) groups is 2. The van der Waals surface area contributed by atoms with Crippen molar-refractivity contribution in [2.24, 2.45) is 5.41 Å². The Bertz CT molecular complexity index is 787. The summed E-state index contributed by atoms with van der Waals surface area (Å²) in [7, 11) is 0. The van der Waals surface area contributed by atoms with Crippen LogP contribution in [0.25, 0.3) is 0 Å². The van der Waals surface area contributed by atoms with Gasteiger partial charge in [0.05, 0.1) is 24.6 Å². The minimum absolute atomic E-state index is 0.162. The van der Waals surface area contributed by atoms with E-state index in [9.17, 15) is 9.59 Å². The Kier molecular flexibility index (Phi) is 4.26. The molecule has 2 amide bonds. The number of hydrogen-bond donors (Lipinski definition) is 0. The SMILES string of the molecule is CCOc1ccc(N2C(=O)C3(CC3)C(=O)N2c2ccc(OCC)cc2)cc1. The van der Waals surface area contributed by atoms with Gasteiger partial charge in [0.15, 0.2) is 0 Å². The van der Waals surface area contributed by atoms with Gasteiger partial charge < -0.3 is 9.47 Å². The summed E-state index contributed by atoms with van der Waals surface area (Å²) >= 11 is 0. The lowest BCUT2D eigenvalue weighted by Crippen LogP contribution is -2.41. The van der Waals surface area contributed by atoms with Crippen molar-refractivity contribution in [3.05, 3.63) is 48.5 Å². The number of amides is 2. The summed E-state index contributed by atoms with van der Waals surface area (Å²) in [5.74, 6) is 1.14. The molecule has 2 fully saturated rings. The van der Waals surface area contributed by atoms with Crippen molar-refractivity contribution in [2.75, 3.05) is 23.2 Å². The standard InChI is InChI=1S/C21H22N2O4/c1-3-26-17-9-5-15(6-10-17)22-19(24)21(13-14-21)20(25)23(22)16-7-11-18(12-8-16)27-4-2/h5-12H,3-4,13-14H2,1-2H3. The third kappa shape index (κ3) is 2.81. The Balaban J connectivity index is 1.70. The topological polar surface area (TPSA) is 59.1 Å². The molecule has 0 atom stereocenters. The molecule has 140 valence electrons. The minimum atomic E-state index is -0.892. The van der Waals surface area contributed by atoms with Crippen molar-refractivity contribution < 1.29 is 19.1 Å². The smallest absolute Gasteiger partial charge is 0.261 e. The Morgan fingerprint density at radius 2 is 1.11 bits per heavy atom. The van der Waals surface area contributed by atoms with Crippen LogP contribution in [0, 0.1) is 5.41 Å². The van der Waals surface area contributed by atoms with Gasteiger partial charge in [-0.2, -0.15) is 0 Å². The Morgan fingerprint density at radius 3 is 1.41 bits per heavy atom. The predicted octanol–water partition coefficient (Wildman–Crippen LogP) is 3.56. The maximum atomic E-state index is 13.1. The van der Waals surface area contributed by atoms with Crippen LogP contribution in [-0.2, 0) is 9.59 Å². The largest absolute Gasteiger partial charge is 0.494 e. The van der Waals surface area contributed by atoms with Crippen LogP contribution >= 0.6 is 0 Å². The van der Waals surface area contributed by atoms with Gasteiger partial charge in [0, 0.05) is 0 Å². The van der Waals surface area contributed by atoms with E-state index in [0.717, 1.165) is 11.5 Å². The molecule has 1 heterocycles. The lowest BCUT2D eigenvalue weighted by atomic mass is 10.1. The van der Waals surface area contributed by atoms with Crippen molar-refractivity contribution in [3.63, 3.8) is 0 Å². The number of benzene rings is 2. The second-order valence-corrected chi connectivity index (χ2v) is 6.67. The fourth-order valence-corrected chi connectivity index (χ4v) is 3.40. The molecule has 1 aliphatic heterocycles. The van der Waals surface area contributed by atoms with Crippen LogP contribution in [-0.4, -0.2) is 25.0 Å². The van der Waals surface area contributed by atoms with Crippen molar-refractivity contribution in [1.29, 1.82) is 0 Å². The zero-order valence-electron chi connectivity index (χ0n) is 15.5. The zero-order valence-corrected chi connectivity index (χ0v) is 15.5. The van der Waals surface area contributed by atoms with Crippen molar-refractivity contribution >= 4 is 23.2 Å².